The molecule has 108 valence electrons. The molecule has 0 fully saturated rings. The summed E-state index contributed by atoms with van der Waals surface area (Å²) in [5.74, 6) is -0.584. The van der Waals surface area contributed by atoms with Crippen molar-refractivity contribution in [2.45, 2.75) is 13.3 Å². The number of carboxylic acids is 1. The van der Waals surface area contributed by atoms with E-state index >= 15 is 0 Å². The SMILES string of the molecule is CCc1cc(C(=O)O)cc(Oc2ccc([N+](=O)[O-])cc2)n1. The van der Waals surface area contributed by atoms with Crippen molar-refractivity contribution >= 4 is 11.7 Å². The van der Waals surface area contributed by atoms with Crippen LogP contribution in [0, 0.1) is 10.1 Å². The molecule has 0 saturated heterocycles. The summed E-state index contributed by atoms with van der Waals surface area (Å²) in [6, 6.07) is 8.25. The molecule has 2 aromatic rings. The lowest BCUT2D eigenvalue weighted by atomic mass is 10.2. The molecule has 1 aromatic carbocycles. The quantitative estimate of drug-likeness (QED) is 0.670. The first-order chi connectivity index (χ1) is 9.99. The van der Waals surface area contributed by atoms with Crippen molar-refractivity contribution in [3.8, 4) is 11.6 Å². The van der Waals surface area contributed by atoms with E-state index in [-0.39, 0.29) is 17.1 Å². The van der Waals surface area contributed by atoms with Gasteiger partial charge in [-0.05, 0) is 24.6 Å². The lowest BCUT2D eigenvalue weighted by Gasteiger charge is -2.07. The summed E-state index contributed by atoms with van der Waals surface area (Å²) in [5, 5.41) is 19.6. The van der Waals surface area contributed by atoms with E-state index in [2.05, 4.69) is 4.98 Å². The van der Waals surface area contributed by atoms with Gasteiger partial charge in [-0.15, -0.1) is 0 Å². The Kier molecular flexibility index (Phi) is 4.13. The molecule has 1 N–H and O–H groups in total. The summed E-state index contributed by atoms with van der Waals surface area (Å²) in [4.78, 5) is 25.3. The maximum absolute atomic E-state index is 11.0. The lowest BCUT2D eigenvalue weighted by molar-refractivity contribution is -0.384. The molecule has 0 unspecified atom stereocenters. The van der Waals surface area contributed by atoms with Crippen LogP contribution in [0.5, 0.6) is 11.6 Å². The van der Waals surface area contributed by atoms with Gasteiger partial charge in [0.15, 0.2) is 0 Å². The van der Waals surface area contributed by atoms with E-state index in [0.717, 1.165) is 0 Å². The first-order valence-corrected chi connectivity index (χ1v) is 6.16. The maximum atomic E-state index is 11.0. The van der Waals surface area contributed by atoms with Crippen LogP contribution in [-0.4, -0.2) is 21.0 Å². The number of nitrogens with zero attached hydrogens (tertiary/aromatic N) is 2. The second kappa shape index (κ2) is 6.00. The number of ether oxygens (including phenoxy) is 1. The molecule has 1 heterocycles. The van der Waals surface area contributed by atoms with E-state index in [1.54, 1.807) is 0 Å². The molecule has 1 aromatic heterocycles. The number of carbonyl (C=O) groups is 1. The molecule has 21 heavy (non-hydrogen) atoms. The second-order valence-electron chi connectivity index (χ2n) is 4.20. The van der Waals surface area contributed by atoms with Crippen LogP contribution in [-0.2, 0) is 6.42 Å². The van der Waals surface area contributed by atoms with E-state index < -0.39 is 10.9 Å². The molecule has 0 aliphatic heterocycles. The number of pyridine rings is 1. The minimum absolute atomic E-state index is 0.0520. The Balaban J connectivity index is 2.28. The Morgan fingerprint density at radius 2 is 2.00 bits per heavy atom. The van der Waals surface area contributed by atoms with Crippen molar-refractivity contribution in [2.75, 3.05) is 0 Å². The van der Waals surface area contributed by atoms with Crippen molar-refractivity contribution < 1.29 is 19.6 Å². The van der Waals surface area contributed by atoms with Crippen molar-refractivity contribution in [1.82, 2.24) is 4.98 Å². The Labute approximate surface area is 120 Å². The van der Waals surface area contributed by atoms with Crippen molar-refractivity contribution in [3.05, 3.63) is 57.8 Å². The molecule has 7 nitrogen and oxygen atoms in total. The van der Waals surface area contributed by atoms with Gasteiger partial charge < -0.3 is 9.84 Å². The van der Waals surface area contributed by atoms with Gasteiger partial charge in [0.25, 0.3) is 5.69 Å². The largest absolute Gasteiger partial charge is 0.478 e. The van der Waals surface area contributed by atoms with Crippen LogP contribution in [0.2, 0.25) is 0 Å². The van der Waals surface area contributed by atoms with Gasteiger partial charge in [-0.1, -0.05) is 6.92 Å². The fourth-order valence-corrected chi connectivity index (χ4v) is 1.67. The van der Waals surface area contributed by atoms with Gasteiger partial charge in [0.05, 0.1) is 10.5 Å². The number of aromatic nitrogens is 1. The lowest BCUT2D eigenvalue weighted by Crippen LogP contribution is -2.01. The summed E-state index contributed by atoms with van der Waals surface area (Å²) < 4.78 is 5.45. The minimum Gasteiger partial charge on any atom is -0.478 e. The molecule has 0 aliphatic rings. The van der Waals surface area contributed by atoms with Crippen LogP contribution in [0.25, 0.3) is 0 Å². The molecule has 2 rings (SSSR count). The van der Waals surface area contributed by atoms with Crippen LogP contribution in [0.1, 0.15) is 23.0 Å². The highest BCUT2D eigenvalue weighted by atomic mass is 16.6. The smallest absolute Gasteiger partial charge is 0.335 e. The predicted molar refractivity (Wildman–Crippen MR) is 73.7 cm³/mol. The summed E-state index contributed by atoms with van der Waals surface area (Å²) in [7, 11) is 0. The van der Waals surface area contributed by atoms with E-state index in [1.807, 2.05) is 6.92 Å². The molecule has 0 aliphatic carbocycles. The van der Waals surface area contributed by atoms with Gasteiger partial charge >= 0.3 is 5.97 Å². The maximum Gasteiger partial charge on any atom is 0.335 e. The minimum atomic E-state index is -1.07. The third-order valence-electron chi connectivity index (χ3n) is 2.73. The zero-order valence-electron chi connectivity index (χ0n) is 11.1. The number of benzene rings is 1. The molecule has 0 amide bonds. The van der Waals surface area contributed by atoms with E-state index in [4.69, 9.17) is 9.84 Å². The number of nitro benzene ring substituents is 1. The predicted octanol–water partition coefficient (Wildman–Crippen LogP) is 3.04. The highest BCUT2D eigenvalue weighted by Crippen LogP contribution is 2.23. The number of rotatable bonds is 5. The van der Waals surface area contributed by atoms with Crippen molar-refractivity contribution in [2.24, 2.45) is 0 Å². The average Bonchev–Trinajstić information content (AvgIpc) is 2.47. The number of hydrogen-bond acceptors (Lipinski definition) is 5. The highest BCUT2D eigenvalue weighted by molar-refractivity contribution is 5.88. The van der Waals surface area contributed by atoms with E-state index in [0.29, 0.717) is 17.9 Å². The van der Waals surface area contributed by atoms with Gasteiger partial charge in [-0.25, -0.2) is 9.78 Å². The number of aryl methyl sites for hydroxylation is 1. The summed E-state index contributed by atoms with van der Waals surface area (Å²) in [6.07, 6.45) is 0.567. The van der Waals surface area contributed by atoms with Gasteiger partial charge in [0, 0.05) is 23.9 Å². The molecule has 0 radical (unpaired) electrons. The average molecular weight is 288 g/mol. The number of aromatic carboxylic acids is 1. The molecular weight excluding hydrogens is 276 g/mol. The molecule has 0 spiro atoms. The standard InChI is InChI=1S/C14H12N2O5/c1-2-10-7-9(14(17)18)8-13(15-10)21-12-5-3-11(4-6-12)16(19)20/h3-8H,2H2,1H3,(H,17,18). The summed E-state index contributed by atoms with van der Waals surface area (Å²) in [5.41, 5.74) is 0.620. The van der Waals surface area contributed by atoms with Crippen LogP contribution in [0.4, 0.5) is 5.69 Å². The second-order valence-corrected chi connectivity index (χ2v) is 4.20. The third-order valence-corrected chi connectivity index (χ3v) is 2.73. The van der Waals surface area contributed by atoms with E-state index in [1.165, 1.54) is 36.4 Å². The molecule has 0 atom stereocenters. The van der Waals surface area contributed by atoms with Crippen LogP contribution >= 0.6 is 0 Å². The van der Waals surface area contributed by atoms with Crippen molar-refractivity contribution in [3.63, 3.8) is 0 Å². The third kappa shape index (κ3) is 3.53. The molecule has 7 heteroatoms. The Bertz CT molecular complexity index is 682. The van der Waals surface area contributed by atoms with Gasteiger partial charge in [-0.2, -0.15) is 0 Å². The van der Waals surface area contributed by atoms with Gasteiger partial charge in [-0.3, -0.25) is 10.1 Å². The monoisotopic (exact) mass is 288 g/mol. The number of nitro groups is 1. The number of hydrogen-bond donors (Lipinski definition) is 1. The van der Waals surface area contributed by atoms with Crippen LogP contribution in [0.15, 0.2) is 36.4 Å². The van der Waals surface area contributed by atoms with Gasteiger partial charge in [0.1, 0.15) is 5.75 Å². The Hall–Kier alpha value is -2.96. The van der Waals surface area contributed by atoms with E-state index in [9.17, 15) is 14.9 Å². The molecular formula is C14H12N2O5. The number of carboxylic acid groups (broad SMARTS) is 1. The first kappa shape index (κ1) is 14.4. The zero-order valence-corrected chi connectivity index (χ0v) is 11.1. The Morgan fingerprint density at radius 3 is 2.52 bits per heavy atom. The Morgan fingerprint density at radius 1 is 1.33 bits per heavy atom. The topological polar surface area (TPSA) is 103 Å². The summed E-state index contributed by atoms with van der Waals surface area (Å²) in [6.45, 7) is 1.85. The van der Waals surface area contributed by atoms with Crippen LogP contribution < -0.4 is 4.74 Å². The fraction of sp³-hybridized carbons (Fsp3) is 0.143. The number of non-ortho nitro benzene ring substituents is 1. The fourth-order valence-electron chi connectivity index (χ4n) is 1.67. The normalized spacial score (nSPS) is 10.1. The van der Waals surface area contributed by atoms with Crippen LogP contribution in [0.3, 0.4) is 0 Å². The first-order valence-electron chi connectivity index (χ1n) is 6.16. The summed E-state index contributed by atoms with van der Waals surface area (Å²) >= 11 is 0. The zero-order chi connectivity index (χ0) is 15.4. The highest BCUT2D eigenvalue weighted by Gasteiger charge is 2.10. The molecule has 0 bridgehead atoms. The molecule has 0 saturated carbocycles. The van der Waals surface area contributed by atoms with Gasteiger partial charge in [0.2, 0.25) is 5.88 Å². The van der Waals surface area contributed by atoms with Crippen molar-refractivity contribution in [1.29, 1.82) is 0 Å².